The molecule has 2 aromatic rings. The molecule has 1 unspecified atom stereocenters. The zero-order valence-electron chi connectivity index (χ0n) is 17.1. The van der Waals surface area contributed by atoms with Crippen LogP contribution in [-0.4, -0.2) is 47.3 Å². The van der Waals surface area contributed by atoms with E-state index in [-0.39, 0.29) is 23.8 Å². The van der Waals surface area contributed by atoms with Crippen LogP contribution in [0, 0.1) is 5.92 Å². The number of carbonyl (C=O) groups excluding carboxylic acids is 2. The molecule has 2 fully saturated rings. The van der Waals surface area contributed by atoms with Crippen molar-refractivity contribution in [3.05, 3.63) is 70.7 Å². The Kier molecular flexibility index (Phi) is 6.70. The van der Waals surface area contributed by atoms with Gasteiger partial charge in [0, 0.05) is 50.2 Å². The van der Waals surface area contributed by atoms with Crippen molar-refractivity contribution in [2.24, 2.45) is 5.92 Å². The van der Waals surface area contributed by atoms with Gasteiger partial charge in [-0.05, 0) is 36.1 Å². The fourth-order valence-electron chi connectivity index (χ4n) is 4.31. The molecule has 2 aliphatic rings. The number of nitrogens with zero attached hydrogens (tertiary/aromatic N) is 2. The molecule has 0 spiro atoms. The van der Waals surface area contributed by atoms with E-state index in [4.69, 9.17) is 11.6 Å². The summed E-state index contributed by atoms with van der Waals surface area (Å²) in [5.74, 6) is -0.196. The summed E-state index contributed by atoms with van der Waals surface area (Å²) in [6.45, 7) is 3.92. The van der Waals surface area contributed by atoms with Crippen molar-refractivity contribution in [2.75, 3.05) is 19.6 Å². The van der Waals surface area contributed by atoms with Crippen LogP contribution < -0.4 is 5.32 Å². The molecule has 2 heterocycles. The molecule has 0 saturated carbocycles. The second kappa shape index (κ2) is 9.63. The van der Waals surface area contributed by atoms with E-state index in [1.165, 1.54) is 5.56 Å². The molecule has 2 aliphatic heterocycles. The first-order valence-electron chi connectivity index (χ1n) is 10.7. The van der Waals surface area contributed by atoms with Crippen molar-refractivity contribution in [3.63, 3.8) is 0 Å². The summed E-state index contributed by atoms with van der Waals surface area (Å²) in [5.41, 5.74) is 2.35. The topological polar surface area (TPSA) is 52.7 Å². The van der Waals surface area contributed by atoms with Crippen LogP contribution in [0.5, 0.6) is 0 Å². The molecular formula is C24H28ClN3O2. The van der Waals surface area contributed by atoms with Gasteiger partial charge >= 0.3 is 0 Å². The maximum Gasteiger partial charge on any atom is 0.225 e. The van der Waals surface area contributed by atoms with E-state index in [0.29, 0.717) is 24.5 Å². The molecule has 2 aromatic carbocycles. The quantitative estimate of drug-likeness (QED) is 0.771. The van der Waals surface area contributed by atoms with E-state index in [9.17, 15) is 9.59 Å². The summed E-state index contributed by atoms with van der Waals surface area (Å²) in [5, 5.41) is 3.87. The summed E-state index contributed by atoms with van der Waals surface area (Å²) in [6, 6.07) is 18.2. The summed E-state index contributed by atoms with van der Waals surface area (Å²) in [4.78, 5) is 29.3. The predicted octanol–water partition coefficient (Wildman–Crippen LogP) is 3.47. The van der Waals surface area contributed by atoms with Crippen LogP contribution in [0.15, 0.2) is 54.6 Å². The van der Waals surface area contributed by atoms with Gasteiger partial charge in [0.05, 0.1) is 5.92 Å². The largest absolute Gasteiger partial charge is 0.353 e. The smallest absolute Gasteiger partial charge is 0.225 e. The Morgan fingerprint density at radius 1 is 0.967 bits per heavy atom. The molecule has 6 heteroatoms. The van der Waals surface area contributed by atoms with Crippen LogP contribution in [0.4, 0.5) is 0 Å². The lowest BCUT2D eigenvalue weighted by atomic mass is 10.0. The Morgan fingerprint density at radius 3 is 2.33 bits per heavy atom. The lowest BCUT2D eigenvalue weighted by molar-refractivity contribution is -0.129. The molecule has 0 radical (unpaired) electrons. The first kappa shape index (κ1) is 20.9. The molecule has 2 saturated heterocycles. The monoisotopic (exact) mass is 425 g/mol. The van der Waals surface area contributed by atoms with Gasteiger partial charge in [-0.15, -0.1) is 0 Å². The van der Waals surface area contributed by atoms with Gasteiger partial charge in [0.2, 0.25) is 11.8 Å². The minimum Gasteiger partial charge on any atom is -0.353 e. The number of carbonyl (C=O) groups is 2. The average molecular weight is 426 g/mol. The highest BCUT2D eigenvalue weighted by Crippen LogP contribution is 2.22. The number of hydrogen-bond acceptors (Lipinski definition) is 3. The van der Waals surface area contributed by atoms with Crippen LogP contribution in [-0.2, 0) is 22.7 Å². The predicted molar refractivity (Wildman–Crippen MR) is 118 cm³/mol. The van der Waals surface area contributed by atoms with Crippen molar-refractivity contribution >= 4 is 23.4 Å². The molecule has 2 amide bonds. The van der Waals surface area contributed by atoms with E-state index in [1.54, 1.807) is 4.90 Å². The molecule has 1 atom stereocenters. The zero-order chi connectivity index (χ0) is 20.9. The van der Waals surface area contributed by atoms with E-state index >= 15 is 0 Å². The van der Waals surface area contributed by atoms with Gasteiger partial charge in [-0.3, -0.25) is 14.5 Å². The summed E-state index contributed by atoms with van der Waals surface area (Å²) in [6.07, 6.45) is 2.20. The number of amides is 2. The Labute approximate surface area is 183 Å². The van der Waals surface area contributed by atoms with E-state index < -0.39 is 0 Å². The van der Waals surface area contributed by atoms with Crippen LogP contribution >= 0.6 is 11.6 Å². The molecule has 0 aromatic heterocycles. The highest BCUT2D eigenvalue weighted by molar-refractivity contribution is 6.30. The van der Waals surface area contributed by atoms with Crippen LogP contribution in [0.3, 0.4) is 0 Å². The molecule has 4 rings (SSSR count). The molecule has 1 N–H and O–H groups in total. The number of hydrogen-bond donors (Lipinski definition) is 1. The number of likely N-dealkylation sites (tertiary alicyclic amines) is 2. The molecule has 158 valence electrons. The molecule has 5 nitrogen and oxygen atoms in total. The minimum atomic E-state index is -0.257. The van der Waals surface area contributed by atoms with Crippen molar-refractivity contribution in [1.29, 1.82) is 0 Å². The first-order chi connectivity index (χ1) is 14.6. The van der Waals surface area contributed by atoms with Crippen LogP contribution in [0.1, 0.15) is 30.4 Å². The standard InChI is InChI=1S/C24H28ClN3O2/c25-21-8-6-19(7-9-21)16-28-17-20(14-23(28)29)24(30)26-22-10-12-27(13-11-22)15-18-4-2-1-3-5-18/h1-9,20,22H,10-17H2,(H,26,30). The van der Waals surface area contributed by atoms with E-state index in [0.717, 1.165) is 38.0 Å². The number of rotatable bonds is 6. The molecule has 30 heavy (non-hydrogen) atoms. The highest BCUT2D eigenvalue weighted by atomic mass is 35.5. The lowest BCUT2D eigenvalue weighted by Gasteiger charge is -2.32. The molecule has 0 aliphatic carbocycles. The fourth-order valence-corrected chi connectivity index (χ4v) is 4.43. The van der Waals surface area contributed by atoms with Gasteiger partial charge < -0.3 is 10.2 Å². The second-order valence-corrected chi connectivity index (χ2v) is 8.78. The molecular weight excluding hydrogens is 398 g/mol. The maximum atomic E-state index is 12.8. The first-order valence-corrected chi connectivity index (χ1v) is 11.0. The normalized spacial score (nSPS) is 20.5. The maximum absolute atomic E-state index is 12.8. The third-order valence-corrected chi connectivity index (χ3v) is 6.31. The van der Waals surface area contributed by atoms with E-state index in [2.05, 4.69) is 34.5 Å². The Hall–Kier alpha value is -2.37. The Balaban J connectivity index is 1.22. The van der Waals surface area contributed by atoms with Crippen molar-refractivity contribution < 1.29 is 9.59 Å². The summed E-state index contributed by atoms with van der Waals surface area (Å²) in [7, 11) is 0. The van der Waals surface area contributed by atoms with Crippen molar-refractivity contribution in [3.8, 4) is 0 Å². The van der Waals surface area contributed by atoms with Crippen molar-refractivity contribution in [2.45, 2.75) is 38.4 Å². The Morgan fingerprint density at radius 2 is 1.63 bits per heavy atom. The van der Waals surface area contributed by atoms with E-state index in [1.807, 2.05) is 30.3 Å². The van der Waals surface area contributed by atoms with Gasteiger partial charge in [0.15, 0.2) is 0 Å². The number of halogens is 1. The average Bonchev–Trinajstić information content (AvgIpc) is 3.12. The highest BCUT2D eigenvalue weighted by Gasteiger charge is 2.35. The number of piperidine rings is 1. The lowest BCUT2D eigenvalue weighted by Crippen LogP contribution is -2.46. The number of nitrogens with one attached hydrogen (secondary N) is 1. The summed E-state index contributed by atoms with van der Waals surface area (Å²) >= 11 is 5.93. The Bertz CT molecular complexity index is 864. The van der Waals surface area contributed by atoms with Crippen LogP contribution in [0.25, 0.3) is 0 Å². The third kappa shape index (κ3) is 5.41. The van der Waals surface area contributed by atoms with Gasteiger partial charge in [-0.25, -0.2) is 0 Å². The minimum absolute atomic E-state index is 0.0171. The van der Waals surface area contributed by atoms with Gasteiger partial charge in [0.1, 0.15) is 0 Å². The summed E-state index contributed by atoms with van der Waals surface area (Å²) < 4.78 is 0. The fraction of sp³-hybridized carbons (Fsp3) is 0.417. The second-order valence-electron chi connectivity index (χ2n) is 8.35. The van der Waals surface area contributed by atoms with Gasteiger partial charge in [-0.2, -0.15) is 0 Å². The van der Waals surface area contributed by atoms with Crippen LogP contribution in [0.2, 0.25) is 5.02 Å². The SMILES string of the molecule is O=C(NC1CCN(Cc2ccccc2)CC1)C1CC(=O)N(Cc2ccc(Cl)cc2)C1. The third-order valence-electron chi connectivity index (χ3n) is 6.05. The zero-order valence-corrected chi connectivity index (χ0v) is 17.9. The molecule has 0 bridgehead atoms. The number of benzene rings is 2. The van der Waals surface area contributed by atoms with Gasteiger partial charge in [0.25, 0.3) is 0 Å². The van der Waals surface area contributed by atoms with Crippen molar-refractivity contribution in [1.82, 2.24) is 15.1 Å². The van der Waals surface area contributed by atoms with Gasteiger partial charge in [-0.1, -0.05) is 54.1 Å².